The largest absolute Gasteiger partial charge is 0.379 e. The smallest absolute Gasteiger partial charge is 0.0594 e. The van der Waals surface area contributed by atoms with Gasteiger partial charge >= 0.3 is 0 Å². The first-order valence-electron chi connectivity index (χ1n) is 7.41. The zero-order chi connectivity index (χ0) is 12.8. The Labute approximate surface area is 112 Å². The maximum Gasteiger partial charge on any atom is 0.0594 e. The van der Waals surface area contributed by atoms with E-state index in [2.05, 4.69) is 29.2 Å². The van der Waals surface area contributed by atoms with Crippen LogP contribution in [-0.4, -0.2) is 75.4 Å². The summed E-state index contributed by atoms with van der Waals surface area (Å²) in [6.07, 6.45) is 5.49. The highest BCUT2D eigenvalue weighted by Gasteiger charge is 2.35. The lowest BCUT2D eigenvalue weighted by Crippen LogP contribution is -2.51. The quantitative estimate of drug-likeness (QED) is 0.710. The minimum absolute atomic E-state index is 0.422. The molecule has 2 aliphatic rings. The molecule has 18 heavy (non-hydrogen) atoms. The van der Waals surface area contributed by atoms with Gasteiger partial charge in [-0.3, -0.25) is 4.90 Å². The summed E-state index contributed by atoms with van der Waals surface area (Å²) in [7, 11) is 4.46. The van der Waals surface area contributed by atoms with Crippen molar-refractivity contribution in [3.63, 3.8) is 0 Å². The van der Waals surface area contributed by atoms with Gasteiger partial charge in [0, 0.05) is 38.3 Å². The minimum Gasteiger partial charge on any atom is -0.379 e. The third-order valence-corrected chi connectivity index (χ3v) is 4.65. The normalized spacial score (nSPS) is 24.8. The summed E-state index contributed by atoms with van der Waals surface area (Å²) in [4.78, 5) is 4.93. The van der Waals surface area contributed by atoms with E-state index in [1.165, 1.54) is 25.7 Å². The predicted octanol–water partition coefficient (Wildman–Crippen LogP) is 0.783. The molecule has 2 rings (SSSR count). The molecule has 1 saturated heterocycles. The van der Waals surface area contributed by atoms with Crippen molar-refractivity contribution in [2.24, 2.45) is 0 Å². The highest BCUT2D eigenvalue weighted by Crippen LogP contribution is 2.32. The number of likely N-dealkylation sites (N-methyl/N-ethyl adjacent to an activating group) is 1. The number of rotatable bonds is 6. The van der Waals surface area contributed by atoms with Crippen LogP contribution in [-0.2, 0) is 4.74 Å². The van der Waals surface area contributed by atoms with Crippen LogP contribution >= 0.6 is 0 Å². The van der Waals surface area contributed by atoms with Crippen molar-refractivity contribution in [2.45, 2.75) is 31.2 Å². The third-order valence-electron chi connectivity index (χ3n) is 4.65. The maximum atomic E-state index is 5.37. The molecule has 0 unspecified atom stereocenters. The van der Waals surface area contributed by atoms with Gasteiger partial charge in [0.15, 0.2) is 0 Å². The molecule has 0 aromatic carbocycles. The molecule has 0 bridgehead atoms. The van der Waals surface area contributed by atoms with Crippen molar-refractivity contribution in [3.8, 4) is 0 Å². The van der Waals surface area contributed by atoms with Crippen molar-refractivity contribution < 1.29 is 4.74 Å². The molecule has 1 aliphatic carbocycles. The van der Waals surface area contributed by atoms with E-state index in [1.807, 2.05) is 0 Å². The van der Waals surface area contributed by atoms with Gasteiger partial charge in [0.2, 0.25) is 0 Å². The second-order valence-electron chi connectivity index (χ2n) is 5.96. The second-order valence-corrected chi connectivity index (χ2v) is 5.96. The number of morpholine rings is 1. The second kappa shape index (κ2) is 6.85. The average molecular weight is 255 g/mol. The lowest BCUT2D eigenvalue weighted by Gasteiger charge is -2.37. The summed E-state index contributed by atoms with van der Waals surface area (Å²) in [5.41, 5.74) is 0.422. The maximum absolute atomic E-state index is 5.37. The van der Waals surface area contributed by atoms with Crippen molar-refractivity contribution in [3.05, 3.63) is 0 Å². The van der Waals surface area contributed by atoms with E-state index in [-0.39, 0.29) is 0 Å². The molecule has 1 saturated carbocycles. The van der Waals surface area contributed by atoms with Gasteiger partial charge in [-0.25, -0.2) is 0 Å². The van der Waals surface area contributed by atoms with E-state index in [4.69, 9.17) is 4.74 Å². The summed E-state index contributed by atoms with van der Waals surface area (Å²) in [5, 5.41) is 3.67. The Kier molecular flexibility index (Phi) is 5.42. The van der Waals surface area contributed by atoms with Crippen LogP contribution in [0.15, 0.2) is 0 Å². The minimum atomic E-state index is 0.422. The molecule has 0 spiro atoms. The lowest BCUT2D eigenvalue weighted by molar-refractivity contribution is 0.0378. The van der Waals surface area contributed by atoms with Crippen LogP contribution in [0.5, 0.6) is 0 Å². The van der Waals surface area contributed by atoms with Gasteiger partial charge in [-0.1, -0.05) is 12.8 Å². The average Bonchev–Trinajstić information content (AvgIpc) is 2.86. The number of nitrogens with one attached hydrogen (secondary N) is 1. The van der Waals surface area contributed by atoms with Crippen LogP contribution in [0.2, 0.25) is 0 Å². The molecule has 106 valence electrons. The molecule has 1 N–H and O–H groups in total. The Morgan fingerprint density at radius 1 is 1.17 bits per heavy atom. The third kappa shape index (κ3) is 3.67. The predicted molar refractivity (Wildman–Crippen MR) is 75.0 cm³/mol. The summed E-state index contributed by atoms with van der Waals surface area (Å²) >= 11 is 0. The topological polar surface area (TPSA) is 27.7 Å². The van der Waals surface area contributed by atoms with Crippen LogP contribution in [0, 0.1) is 0 Å². The first-order chi connectivity index (χ1) is 8.73. The zero-order valence-electron chi connectivity index (χ0n) is 12.1. The van der Waals surface area contributed by atoms with Gasteiger partial charge < -0.3 is 15.0 Å². The van der Waals surface area contributed by atoms with Crippen molar-refractivity contribution in [1.29, 1.82) is 0 Å². The molecule has 4 heteroatoms. The Balaban J connectivity index is 1.64. The van der Waals surface area contributed by atoms with Crippen LogP contribution < -0.4 is 5.32 Å². The van der Waals surface area contributed by atoms with E-state index in [0.29, 0.717) is 5.54 Å². The number of hydrogen-bond acceptors (Lipinski definition) is 4. The molecule has 0 atom stereocenters. The SMILES string of the molecule is CN(C)C1(CNCCN2CCOCC2)CCCC1. The van der Waals surface area contributed by atoms with E-state index < -0.39 is 0 Å². The fraction of sp³-hybridized carbons (Fsp3) is 1.00. The first kappa shape index (κ1) is 14.3. The zero-order valence-corrected chi connectivity index (χ0v) is 12.1. The molecular formula is C14H29N3O. The number of nitrogens with zero attached hydrogens (tertiary/aromatic N) is 2. The first-order valence-corrected chi connectivity index (χ1v) is 7.41. The van der Waals surface area contributed by atoms with Crippen LogP contribution in [0.1, 0.15) is 25.7 Å². The van der Waals surface area contributed by atoms with Crippen LogP contribution in [0.25, 0.3) is 0 Å². The molecule has 4 nitrogen and oxygen atoms in total. The Morgan fingerprint density at radius 2 is 1.83 bits per heavy atom. The lowest BCUT2D eigenvalue weighted by atomic mass is 9.96. The summed E-state index contributed by atoms with van der Waals surface area (Å²) < 4.78 is 5.37. The van der Waals surface area contributed by atoms with E-state index in [1.54, 1.807) is 0 Å². The fourth-order valence-electron chi connectivity index (χ4n) is 3.20. The van der Waals surface area contributed by atoms with Gasteiger partial charge in [0.1, 0.15) is 0 Å². The van der Waals surface area contributed by atoms with E-state index in [0.717, 1.165) is 45.9 Å². The van der Waals surface area contributed by atoms with Crippen LogP contribution in [0.4, 0.5) is 0 Å². The Bertz CT molecular complexity index is 233. The molecule has 2 fully saturated rings. The van der Waals surface area contributed by atoms with Crippen molar-refractivity contribution in [2.75, 3.05) is 60.0 Å². The van der Waals surface area contributed by atoms with Gasteiger partial charge in [0.25, 0.3) is 0 Å². The highest BCUT2D eigenvalue weighted by atomic mass is 16.5. The molecule has 0 aromatic heterocycles. The summed E-state index contributed by atoms with van der Waals surface area (Å²) in [6.45, 7) is 7.41. The highest BCUT2D eigenvalue weighted by molar-refractivity contribution is 4.94. The van der Waals surface area contributed by atoms with Gasteiger partial charge in [-0.15, -0.1) is 0 Å². The van der Waals surface area contributed by atoms with Gasteiger partial charge in [-0.05, 0) is 26.9 Å². The molecule has 1 aliphatic heterocycles. The summed E-state index contributed by atoms with van der Waals surface area (Å²) in [5.74, 6) is 0. The molecule has 0 amide bonds. The molecule has 0 radical (unpaired) electrons. The number of hydrogen-bond donors (Lipinski definition) is 1. The van der Waals surface area contributed by atoms with Gasteiger partial charge in [-0.2, -0.15) is 0 Å². The van der Waals surface area contributed by atoms with Gasteiger partial charge in [0.05, 0.1) is 13.2 Å². The molecule has 0 aromatic rings. The van der Waals surface area contributed by atoms with E-state index in [9.17, 15) is 0 Å². The molecular weight excluding hydrogens is 226 g/mol. The van der Waals surface area contributed by atoms with Crippen molar-refractivity contribution >= 4 is 0 Å². The number of ether oxygens (including phenoxy) is 1. The van der Waals surface area contributed by atoms with Crippen LogP contribution in [0.3, 0.4) is 0 Å². The summed E-state index contributed by atoms with van der Waals surface area (Å²) in [6, 6.07) is 0. The van der Waals surface area contributed by atoms with E-state index >= 15 is 0 Å². The molecule has 1 heterocycles. The Hall–Kier alpha value is -0.160. The Morgan fingerprint density at radius 3 is 2.44 bits per heavy atom. The van der Waals surface area contributed by atoms with Crippen molar-refractivity contribution in [1.82, 2.24) is 15.1 Å². The fourth-order valence-corrected chi connectivity index (χ4v) is 3.20. The monoisotopic (exact) mass is 255 g/mol. The standard InChI is InChI=1S/C14H29N3O/c1-16(2)14(5-3-4-6-14)13-15-7-8-17-9-11-18-12-10-17/h15H,3-13H2,1-2H3.